The summed E-state index contributed by atoms with van der Waals surface area (Å²) in [5.74, 6) is 1.74. The molecule has 29 heavy (non-hydrogen) atoms. The van der Waals surface area contributed by atoms with Crippen molar-refractivity contribution in [1.82, 2.24) is 14.9 Å². The first kappa shape index (κ1) is 20.1. The van der Waals surface area contributed by atoms with Gasteiger partial charge in [-0.25, -0.2) is 9.97 Å². The van der Waals surface area contributed by atoms with Gasteiger partial charge in [0.25, 0.3) is 0 Å². The van der Waals surface area contributed by atoms with Crippen LogP contribution in [-0.2, 0) is 13.1 Å². The van der Waals surface area contributed by atoms with E-state index in [9.17, 15) is 5.11 Å². The molecule has 1 aromatic carbocycles. The van der Waals surface area contributed by atoms with Gasteiger partial charge in [-0.15, -0.1) is 0 Å². The van der Waals surface area contributed by atoms with E-state index in [1.54, 1.807) is 6.33 Å². The molecule has 0 saturated carbocycles. The molecule has 3 heterocycles. The summed E-state index contributed by atoms with van der Waals surface area (Å²) in [5, 5.41) is 13.1. The predicted octanol–water partition coefficient (Wildman–Crippen LogP) is 3.43. The van der Waals surface area contributed by atoms with Crippen molar-refractivity contribution in [3.8, 4) is 0 Å². The number of benzene rings is 1. The molecule has 6 nitrogen and oxygen atoms in total. The average Bonchev–Trinajstić information content (AvgIpc) is 3.10. The number of aliphatic hydroxyl groups is 1. The first-order chi connectivity index (χ1) is 14.3. The van der Waals surface area contributed by atoms with Crippen LogP contribution in [0.4, 0.5) is 11.6 Å². The molecule has 2 saturated heterocycles. The van der Waals surface area contributed by atoms with Crippen molar-refractivity contribution in [3.63, 3.8) is 0 Å². The summed E-state index contributed by atoms with van der Waals surface area (Å²) in [6.07, 6.45) is 9.10. The second-order valence-corrected chi connectivity index (χ2v) is 8.25. The van der Waals surface area contributed by atoms with Crippen molar-refractivity contribution < 1.29 is 5.11 Å². The quantitative estimate of drug-likeness (QED) is 0.749. The molecule has 2 aromatic rings. The summed E-state index contributed by atoms with van der Waals surface area (Å²) in [5.41, 5.74) is 2.72. The zero-order valence-corrected chi connectivity index (χ0v) is 17.3. The van der Waals surface area contributed by atoms with Crippen molar-refractivity contribution in [3.05, 3.63) is 47.8 Å². The van der Waals surface area contributed by atoms with Crippen molar-refractivity contribution in [2.45, 2.75) is 57.7 Å². The maximum Gasteiger partial charge on any atom is 0.134 e. The molecule has 0 radical (unpaired) electrons. The maximum absolute atomic E-state index is 9.60. The second-order valence-electron chi connectivity index (χ2n) is 8.25. The van der Waals surface area contributed by atoms with Gasteiger partial charge in [0.15, 0.2) is 0 Å². The van der Waals surface area contributed by atoms with Crippen LogP contribution in [0.2, 0.25) is 0 Å². The molecule has 0 aliphatic carbocycles. The molecule has 1 atom stereocenters. The lowest BCUT2D eigenvalue weighted by atomic mass is 10.1. The SMILES string of the molecule is OCC1CCCN1c1cc(NCc2ccccc2CN2CCCCCC2)ncn1. The molecule has 2 fully saturated rings. The third-order valence-corrected chi connectivity index (χ3v) is 6.21. The molecule has 1 aromatic heterocycles. The normalized spacial score (nSPS) is 20.6. The van der Waals surface area contributed by atoms with E-state index in [1.807, 2.05) is 6.07 Å². The Labute approximate surface area is 174 Å². The van der Waals surface area contributed by atoms with E-state index >= 15 is 0 Å². The van der Waals surface area contributed by atoms with Crippen molar-refractivity contribution in [1.29, 1.82) is 0 Å². The highest BCUT2D eigenvalue weighted by Crippen LogP contribution is 2.25. The largest absolute Gasteiger partial charge is 0.394 e. The highest BCUT2D eigenvalue weighted by molar-refractivity contribution is 5.50. The molecule has 2 aliphatic rings. The molecule has 0 bridgehead atoms. The molecule has 2 N–H and O–H groups in total. The fourth-order valence-corrected chi connectivity index (χ4v) is 4.53. The summed E-state index contributed by atoms with van der Waals surface area (Å²) >= 11 is 0. The van der Waals surface area contributed by atoms with Crippen molar-refractivity contribution >= 4 is 11.6 Å². The molecule has 1 unspecified atom stereocenters. The Kier molecular flexibility index (Phi) is 6.96. The Morgan fingerprint density at radius 3 is 2.55 bits per heavy atom. The van der Waals surface area contributed by atoms with Crippen LogP contribution < -0.4 is 10.2 Å². The van der Waals surface area contributed by atoms with Crippen LogP contribution in [0.5, 0.6) is 0 Å². The molecule has 156 valence electrons. The third-order valence-electron chi connectivity index (χ3n) is 6.21. The van der Waals surface area contributed by atoms with E-state index < -0.39 is 0 Å². The van der Waals surface area contributed by atoms with Gasteiger partial charge >= 0.3 is 0 Å². The number of nitrogens with one attached hydrogen (secondary N) is 1. The maximum atomic E-state index is 9.60. The van der Waals surface area contributed by atoms with Gasteiger partial charge in [0.05, 0.1) is 12.6 Å². The van der Waals surface area contributed by atoms with Gasteiger partial charge in [0.1, 0.15) is 18.0 Å². The third kappa shape index (κ3) is 5.25. The lowest BCUT2D eigenvalue weighted by Gasteiger charge is -2.24. The van der Waals surface area contributed by atoms with Gasteiger partial charge in [0.2, 0.25) is 0 Å². The zero-order valence-electron chi connectivity index (χ0n) is 17.3. The minimum absolute atomic E-state index is 0.173. The molecule has 0 amide bonds. The van der Waals surface area contributed by atoms with E-state index in [4.69, 9.17) is 0 Å². The minimum atomic E-state index is 0.173. The van der Waals surface area contributed by atoms with E-state index in [0.717, 1.165) is 44.1 Å². The Balaban J connectivity index is 1.41. The van der Waals surface area contributed by atoms with Crippen LogP contribution in [0.1, 0.15) is 49.7 Å². The molecule has 6 heteroatoms. The molecular weight excluding hydrogens is 362 g/mol. The summed E-state index contributed by atoms with van der Waals surface area (Å²) in [6, 6.07) is 10.9. The summed E-state index contributed by atoms with van der Waals surface area (Å²) < 4.78 is 0. The van der Waals surface area contributed by atoms with Crippen LogP contribution in [0.3, 0.4) is 0 Å². The van der Waals surface area contributed by atoms with Crippen molar-refractivity contribution in [2.24, 2.45) is 0 Å². The van der Waals surface area contributed by atoms with Gasteiger partial charge in [-0.3, -0.25) is 4.90 Å². The minimum Gasteiger partial charge on any atom is -0.394 e. The first-order valence-corrected chi connectivity index (χ1v) is 11.1. The van der Waals surface area contributed by atoms with Crippen LogP contribution in [0.25, 0.3) is 0 Å². The lowest BCUT2D eigenvalue weighted by molar-refractivity contribution is 0.266. The second kappa shape index (κ2) is 10.0. The number of hydrogen-bond donors (Lipinski definition) is 2. The smallest absolute Gasteiger partial charge is 0.134 e. The lowest BCUT2D eigenvalue weighted by Crippen LogP contribution is -2.32. The van der Waals surface area contributed by atoms with E-state index in [-0.39, 0.29) is 12.6 Å². The van der Waals surface area contributed by atoms with Gasteiger partial charge in [0, 0.05) is 25.7 Å². The highest BCUT2D eigenvalue weighted by Gasteiger charge is 2.25. The average molecular weight is 396 g/mol. The number of aromatic nitrogens is 2. The fraction of sp³-hybridized carbons (Fsp3) is 0.565. The molecule has 2 aliphatic heterocycles. The Bertz CT molecular complexity index is 775. The topological polar surface area (TPSA) is 64.5 Å². The Hall–Kier alpha value is -2.18. The number of aliphatic hydroxyl groups excluding tert-OH is 1. The van der Waals surface area contributed by atoms with Gasteiger partial charge in [-0.05, 0) is 49.9 Å². The predicted molar refractivity (Wildman–Crippen MR) is 117 cm³/mol. The molecule has 0 spiro atoms. The van der Waals surface area contributed by atoms with Gasteiger partial charge in [-0.1, -0.05) is 37.1 Å². The molecular formula is C23H33N5O. The fourth-order valence-electron chi connectivity index (χ4n) is 4.53. The monoisotopic (exact) mass is 395 g/mol. The summed E-state index contributed by atoms with van der Waals surface area (Å²) in [4.78, 5) is 13.6. The summed E-state index contributed by atoms with van der Waals surface area (Å²) in [7, 11) is 0. The van der Waals surface area contributed by atoms with Crippen LogP contribution in [-0.4, -0.2) is 52.3 Å². The number of rotatable bonds is 7. The molecule has 4 rings (SSSR count). The number of likely N-dealkylation sites (tertiary alicyclic amines) is 1. The number of anilines is 2. The van der Waals surface area contributed by atoms with Crippen molar-refractivity contribution in [2.75, 3.05) is 36.5 Å². The van der Waals surface area contributed by atoms with Gasteiger partial charge in [-0.2, -0.15) is 0 Å². The Morgan fingerprint density at radius 1 is 0.966 bits per heavy atom. The van der Waals surface area contributed by atoms with E-state index in [0.29, 0.717) is 0 Å². The first-order valence-electron chi connectivity index (χ1n) is 11.1. The number of nitrogens with zero attached hydrogens (tertiary/aromatic N) is 4. The standard InChI is InChI=1S/C23H33N5O/c29-17-21-10-7-13-28(21)23-14-22(25-18-26-23)24-15-19-8-3-4-9-20(19)16-27-11-5-1-2-6-12-27/h3-4,8-9,14,18,21,29H,1-2,5-7,10-13,15-17H2,(H,24,25,26). The van der Waals surface area contributed by atoms with E-state index in [2.05, 4.69) is 49.4 Å². The highest BCUT2D eigenvalue weighted by atomic mass is 16.3. The zero-order chi connectivity index (χ0) is 19.9. The van der Waals surface area contributed by atoms with Crippen LogP contribution in [0.15, 0.2) is 36.7 Å². The Morgan fingerprint density at radius 2 is 1.76 bits per heavy atom. The van der Waals surface area contributed by atoms with Gasteiger partial charge < -0.3 is 15.3 Å². The van der Waals surface area contributed by atoms with Crippen LogP contribution >= 0.6 is 0 Å². The van der Waals surface area contributed by atoms with Crippen LogP contribution in [0, 0.1) is 0 Å². The number of hydrogen-bond acceptors (Lipinski definition) is 6. The summed E-state index contributed by atoms with van der Waals surface area (Å²) in [6.45, 7) is 5.32. The van der Waals surface area contributed by atoms with E-state index in [1.165, 1.54) is 49.9 Å².